The van der Waals surface area contributed by atoms with E-state index >= 15 is 0 Å². The van der Waals surface area contributed by atoms with E-state index in [2.05, 4.69) is 24.0 Å². The van der Waals surface area contributed by atoms with Crippen molar-refractivity contribution in [2.24, 2.45) is 5.92 Å². The predicted molar refractivity (Wildman–Crippen MR) is 138 cm³/mol. The highest BCUT2D eigenvalue weighted by Gasteiger charge is 2.50. The third-order valence-corrected chi connectivity index (χ3v) is 8.88. The Labute approximate surface area is 226 Å². The lowest BCUT2D eigenvalue weighted by Gasteiger charge is -2.52. The molecule has 6 rings (SSSR count). The topological polar surface area (TPSA) is 38.8 Å². The Morgan fingerprint density at radius 3 is 2.38 bits per heavy atom. The van der Waals surface area contributed by atoms with Crippen LogP contribution in [-0.4, -0.2) is 67.3 Å². The number of carbonyl (C=O) groups is 1. The normalized spacial score (nSPS) is 27.1. The maximum Gasteiger partial charge on any atom is 0.331 e. The summed E-state index contributed by atoms with van der Waals surface area (Å²) in [7, 11) is 0. The van der Waals surface area contributed by atoms with E-state index in [0.29, 0.717) is 18.3 Å². The smallest absolute Gasteiger partial charge is 0.331 e. The summed E-state index contributed by atoms with van der Waals surface area (Å²) in [6.07, 6.45) is 6.62. The van der Waals surface area contributed by atoms with Gasteiger partial charge in [-0.15, -0.1) is 0 Å². The number of piperidine rings is 4. The minimum Gasteiger partial charge on any atom is -1.00 e. The summed E-state index contributed by atoms with van der Waals surface area (Å²) < 4.78 is 26.4. The molecule has 0 spiro atoms. The van der Waals surface area contributed by atoms with Gasteiger partial charge in [0.15, 0.2) is 6.10 Å². The van der Waals surface area contributed by atoms with E-state index in [4.69, 9.17) is 9.47 Å². The van der Waals surface area contributed by atoms with Crippen LogP contribution in [0.15, 0.2) is 54.6 Å². The van der Waals surface area contributed by atoms with Crippen LogP contribution in [0.5, 0.6) is 5.75 Å². The number of nitrogens with zero attached hydrogens (tertiary/aromatic N) is 2. The van der Waals surface area contributed by atoms with Gasteiger partial charge in [-0.2, -0.15) is 0 Å². The van der Waals surface area contributed by atoms with Crippen LogP contribution in [0.25, 0.3) is 0 Å². The molecule has 0 amide bonds. The van der Waals surface area contributed by atoms with Crippen LogP contribution < -0.4 is 17.1 Å². The lowest BCUT2D eigenvalue weighted by atomic mass is 9.82. The zero-order chi connectivity index (χ0) is 25.0. The first-order valence-electron chi connectivity index (χ1n) is 13.7. The number of fused-ring (bicyclic) bond motifs is 3. The Morgan fingerprint density at radius 1 is 1.03 bits per heavy atom. The van der Waals surface area contributed by atoms with E-state index in [0.717, 1.165) is 81.4 Å². The maximum atomic E-state index is 13.9. The van der Waals surface area contributed by atoms with Crippen molar-refractivity contribution in [2.75, 3.05) is 45.9 Å². The maximum absolute atomic E-state index is 13.9. The average Bonchev–Trinajstić information content (AvgIpc) is 2.93. The Balaban J connectivity index is 0.00000320. The molecule has 0 N–H and O–H groups in total. The number of hydrogen-bond donors (Lipinski definition) is 0. The van der Waals surface area contributed by atoms with Crippen molar-refractivity contribution in [3.8, 4) is 5.75 Å². The second-order valence-electron chi connectivity index (χ2n) is 11.1. The van der Waals surface area contributed by atoms with Crippen LogP contribution in [0.4, 0.5) is 4.39 Å². The first kappa shape index (κ1) is 27.9. The summed E-state index contributed by atoms with van der Waals surface area (Å²) in [4.78, 5) is 16.3. The molecule has 202 valence electrons. The van der Waals surface area contributed by atoms with E-state index < -0.39 is 5.54 Å². The highest BCUT2D eigenvalue weighted by atomic mass is 35.5. The van der Waals surface area contributed by atoms with Crippen LogP contribution >= 0.6 is 0 Å². The standard InChI is InChI=1S/C30H40FN2O3.ClH/c1-30(25-9-4-2-5-10-25,32-17-6-3-7-18-32)29(34)36-28-23-33(20-15-24(28)16-21-33)19-8-22-35-27-13-11-26(31)12-14-27;/h2,4-5,9-14,24,28H,3,6-8,15-23H2,1H3;1H/q+1;/p-1/t24?,28-,30-,33?;/m0./s1. The summed E-state index contributed by atoms with van der Waals surface area (Å²) in [5.41, 5.74) is 0.279. The van der Waals surface area contributed by atoms with Gasteiger partial charge in [0.1, 0.15) is 23.7 Å². The minimum absolute atomic E-state index is 0. The van der Waals surface area contributed by atoms with Gasteiger partial charge in [0.25, 0.3) is 0 Å². The van der Waals surface area contributed by atoms with E-state index in [9.17, 15) is 9.18 Å². The Morgan fingerprint density at radius 2 is 1.70 bits per heavy atom. The second kappa shape index (κ2) is 12.1. The van der Waals surface area contributed by atoms with Crippen molar-refractivity contribution in [2.45, 2.75) is 57.1 Å². The van der Waals surface area contributed by atoms with Gasteiger partial charge in [0.05, 0.1) is 26.2 Å². The summed E-state index contributed by atoms with van der Waals surface area (Å²) >= 11 is 0. The minimum atomic E-state index is -0.748. The summed E-state index contributed by atoms with van der Waals surface area (Å²) in [5, 5.41) is 0. The van der Waals surface area contributed by atoms with Crippen molar-refractivity contribution in [1.29, 1.82) is 0 Å². The largest absolute Gasteiger partial charge is 1.00 e. The molecule has 4 fully saturated rings. The Hall–Kier alpha value is -2.15. The van der Waals surface area contributed by atoms with Crippen LogP contribution in [0.2, 0.25) is 0 Å². The van der Waals surface area contributed by atoms with Gasteiger partial charge in [-0.25, -0.2) is 9.18 Å². The lowest BCUT2D eigenvalue weighted by molar-refractivity contribution is -0.946. The molecule has 0 aliphatic carbocycles. The van der Waals surface area contributed by atoms with Crippen LogP contribution in [0.1, 0.15) is 51.0 Å². The van der Waals surface area contributed by atoms with Gasteiger partial charge in [0, 0.05) is 25.2 Å². The van der Waals surface area contributed by atoms with E-state index in [1.807, 2.05) is 18.2 Å². The fourth-order valence-electron chi connectivity index (χ4n) is 6.58. The van der Waals surface area contributed by atoms with E-state index in [-0.39, 0.29) is 30.3 Å². The van der Waals surface area contributed by atoms with Crippen LogP contribution in [0.3, 0.4) is 0 Å². The number of rotatable bonds is 9. The molecule has 4 aliphatic heterocycles. The Bertz CT molecular complexity index is 1010. The molecular weight excluding hydrogens is 491 g/mol. The van der Waals surface area contributed by atoms with Gasteiger partial charge in [0.2, 0.25) is 0 Å². The zero-order valence-electron chi connectivity index (χ0n) is 21.9. The number of ether oxygens (including phenoxy) is 2. The molecule has 0 saturated carbocycles. The molecule has 2 aromatic carbocycles. The third-order valence-electron chi connectivity index (χ3n) is 8.88. The van der Waals surface area contributed by atoms with Gasteiger partial charge in [-0.3, -0.25) is 4.90 Å². The summed E-state index contributed by atoms with van der Waals surface area (Å²) in [5.74, 6) is 0.831. The number of carbonyl (C=O) groups excluding carboxylic acids is 1. The van der Waals surface area contributed by atoms with Gasteiger partial charge < -0.3 is 26.4 Å². The molecule has 4 heterocycles. The highest BCUT2D eigenvalue weighted by molar-refractivity contribution is 5.82. The molecule has 2 atom stereocenters. The first-order valence-corrected chi connectivity index (χ1v) is 13.7. The second-order valence-corrected chi connectivity index (χ2v) is 11.1. The number of quaternary nitrogens is 1. The van der Waals surface area contributed by atoms with Gasteiger partial charge in [-0.05, 0) is 62.7 Å². The van der Waals surface area contributed by atoms with E-state index in [1.165, 1.54) is 18.6 Å². The number of halogens is 2. The van der Waals surface area contributed by atoms with Crippen molar-refractivity contribution >= 4 is 5.97 Å². The fraction of sp³-hybridized carbons (Fsp3) is 0.567. The zero-order valence-corrected chi connectivity index (χ0v) is 22.7. The molecule has 4 saturated heterocycles. The average molecular weight is 531 g/mol. The molecule has 0 aromatic heterocycles. The fourth-order valence-corrected chi connectivity index (χ4v) is 6.58. The lowest BCUT2D eigenvalue weighted by Crippen LogP contribution is -3.00. The molecule has 0 unspecified atom stereocenters. The number of esters is 1. The van der Waals surface area contributed by atoms with Crippen molar-refractivity contribution in [3.63, 3.8) is 0 Å². The molecule has 4 aliphatic rings. The van der Waals surface area contributed by atoms with Crippen LogP contribution in [-0.2, 0) is 15.1 Å². The van der Waals surface area contributed by atoms with Gasteiger partial charge >= 0.3 is 5.97 Å². The van der Waals surface area contributed by atoms with E-state index in [1.54, 1.807) is 12.1 Å². The molecular formula is C30H40ClFN2O3. The van der Waals surface area contributed by atoms with Crippen LogP contribution in [0, 0.1) is 11.7 Å². The van der Waals surface area contributed by atoms with Gasteiger partial charge in [-0.1, -0.05) is 36.8 Å². The molecule has 2 bridgehead atoms. The number of hydrogen-bond acceptors (Lipinski definition) is 4. The third kappa shape index (κ3) is 6.13. The predicted octanol–water partition coefficient (Wildman–Crippen LogP) is 2.15. The Kier molecular flexibility index (Phi) is 9.15. The van der Waals surface area contributed by atoms with Crippen molar-refractivity contribution in [3.05, 3.63) is 66.0 Å². The highest BCUT2D eigenvalue weighted by Crippen LogP contribution is 2.39. The quantitative estimate of drug-likeness (QED) is 0.283. The molecule has 0 radical (unpaired) electrons. The molecule has 5 nitrogen and oxygen atoms in total. The monoisotopic (exact) mass is 530 g/mol. The number of likely N-dealkylation sites (tertiary alicyclic amines) is 1. The number of benzene rings is 2. The molecule has 37 heavy (non-hydrogen) atoms. The molecule has 2 aromatic rings. The first-order chi connectivity index (χ1) is 17.5. The summed E-state index contributed by atoms with van der Waals surface area (Å²) in [6.45, 7) is 8.76. The summed E-state index contributed by atoms with van der Waals surface area (Å²) in [6, 6.07) is 16.4. The van der Waals surface area contributed by atoms with Crippen molar-refractivity contribution in [1.82, 2.24) is 4.90 Å². The van der Waals surface area contributed by atoms with Crippen molar-refractivity contribution < 1.29 is 35.5 Å². The molecule has 7 heteroatoms. The SMILES string of the molecule is C[C@@](C(=O)O[C@H]1C[N+]2(CCCOc3ccc(F)cc3)CCC1CC2)(c1ccccc1)N1CCCCC1.[Cl-].